The maximum absolute atomic E-state index is 12.7. The van der Waals surface area contributed by atoms with E-state index in [9.17, 15) is 30.7 Å². The molecule has 16 heavy (non-hydrogen) atoms. The van der Waals surface area contributed by atoms with Crippen LogP contribution in [-0.2, 0) is 12.4 Å². The van der Waals surface area contributed by atoms with Gasteiger partial charge in [-0.2, -0.15) is 26.3 Å². The first-order valence-corrected chi connectivity index (χ1v) is 3.71. The molecule has 8 heteroatoms. The lowest BCUT2D eigenvalue weighted by Gasteiger charge is -2.14. The van der Waals surface area contributed by atoms with Gasteiger partial charge in [-0.1, -0.05) is 0 Å². The number of hydrogen-bond donors (Lipinski definition) is 1. The maximum Gasteiger partial charge on any atom is 0.422 e. The minimum Gasteiger partial charge on any atom is -0.507 e. The Labute approximate surface area is 84.1 Å². The van der Waals surface area contributed by atoms with E-state index < -0.39 is 35.0 Å². The number of halogens is 7. The molecule has 0 aliphatic carbocycles. The summed E-state index contributed by atoms with van der Waals surface area (Å²) in [7, 11) is 0. The van der Waals surface area contributed by atoms with Crippen LogP contribution in [0, 0.1) is 5.82 Å². The molecular weight excluding hydrogens is 245 g/mol. The molecule has 0 bridgehead atoms. The number of rotatable bonds is 0. The zero-order chi connectivity index (χ0) is 12.7. The summed E-state index contributed by atoms with van der Waals surface area (Å²) < 4.78 is 85.3. The van der Waals surface area contributed by atoms with Crippen LogP contribution in [-0.4, -0.2) is 5.11 Å². The zero-order valence-corrected chi connectivity index (χ0v) is 7.25. The smallest absolute Gasteiger partial charge is 0.422 e. The summed E-state index contributed by atoms with van der Waals surface area (Å²) in [6.07, 6.45) is -10.6. The fourth-order valence-corrected chi connectivity index (χ4v) is 1.06. The topological polar surface area (TPSA) is 20.2 Å². The van der Waals surface area contributed by atoms with Crippen LogP contribution in [0.1, 0.15) is 11.1 Å². The molecule has 0 atom stereocenters. The number of benzene rings is 1. The summed E-state index contributed by atoms with van der Waals surface area (Å²) in [5, 5.41) is 8.76. The number of phenolic OH excluding ortho intramolecular Hbond substituents is 1. The monoisotopic (exact) mass is 248 g/mol. The van der Waals surface area contributed by atoms with E-state index in [-0.39, 0.29) is 12.1 Å². The van der Waals surface area contributed by atoms with Gasteiger partial charge < -0.3 is 5.11 Å². The molecule has 1 aromatic carbocycles. The van der Waals surface area contributed by atoms with E-state index in [0.717, 1.165) is 0 Å². The summed E-state index contributed by atoms with van der Waals surface area (Å²) >= 11 is 0. The Balaban J connectivity index is 3.52. The Hall–Kier alpha value is -1.47. The van der Waals surface area contributed by atoms with Crippen LogP contribution in [0.2, 0.25) is 0 Å². The van der Waals surface area contributed by atoms with Crippen LogP contribution >= 0.6 is 0 Å². The normalized spacial score (nSPS) is 12.9. The number of hydrogen-bond acceptors (Lipinski definition) is 1. The third-order valence-electron chi connectivity index (χ3n) is 1.72. The van der Waals surface area contributed by atoms with Crippen LogP contribution in [0.15, 0.2) is 12.1 Å². The highest BCUT2D eigenvalue weighted by molar-refractivity contribution is 5.44. The molecule has 1 N–H and O–H groups in total. The van der Waals surface area contributed by atoms with Gasteiger partial charge in [-0.25, -0.2) is 4.39 Å². The molecule has 90 valence electrons. The van der Waals surface area contributed by atoms with Crippen molar-refractivity contribution in [3.05, 3.63) is 29.1 Å². The van der Waals surface area contributed by atoms with Gasteiger partial charge >= 0.3 is 12.4 Å². The Morgan fingerprint density at radius 1 is 0.875 bits per heavy atom. The van der Waals surface area contributed by atoms with Gasteiger partial charge in [0.1, 0.15) is 17.1 Å². The molecule has 0 radical (unpaired) electrons. The van der Waals surface area contributed by atoms with Crippen molar-refractivity contribution in [1.82, 2.24) is 0 Å². The van der Waals surface area contributed by atoms with E-state index in [1.165, 1.54) is 0 Å². The van der Waals surface area contributed by atoms with Crippen LogP contribution in [0.3, 0.4) is 0 Å². The molecule has 0 spiro atoms. The van der Waals surface area contributed by atoms with Crippen molar-refractivity contribution < 1.29 is 35.8 Å². The first kappa shape index (κ1) is 12.6. The predicted octanol–water partition coefficient (Wildman–Crippen LogP) is 3.57. The molecule has 1 aromatic rings. The van der Waals surface area contributed by atoms with Crippen molar-refractivity contribution >= 4 is 0 Å². The molecule has 0 aliphatic rings. The molecule has 0 amide bonds. The Morgan fingerprint density at radius 3 is 1.75 bits per heavy atom. The van der Waals surface area contributed by atoms with Gasteiger partial charge in [0.2, 0.25) is 0 Å². The van der Waals surface area contributed by atoms with Crippen LogP contribution in [0.25, 0.3) is 0 Å². The molecule has 0 aliphatic heterocycles. The average molecular weight is 248 g/mol. The SMILES string of the molecule is Oc1c(C(F)(F)F)ccc(F)c1C(F)(F)F. The van der Waals surface area contributed by atoms with Crippen molar-refractivity contribution in [3.63, 3.8) is 0 Å². The molecule has 1 nitrogen and oxygen atoms in total. The van der Waals surface area contributed by atoms with Gasteiger partial charge in [-0.15, -0.1) is 0 Å². The largest absolute Gasteiger partial charge is 0.507 e. The first-order chi connectivity index (χ1) is 7.05. The lowest BCUT2D eigenvalue weighted by atomic mass is 10.1. The fourth-order valence-electron chi connectivity index (χ4n) is 1.06. The minimum absolute atomic E-state index is 0.00532. The van der Waals surface area contributed by atoms with Crippen molar-refractivity contribution in [2.45, 2.75) is 12.4 Å². The van der Waals surface area contributed by atoms with Gasteiger partial charge in [-0.05, 0) is 12.1 Å². The van der Waals surface area contributed by atoms with Gasteiger partial charge in [0.25, 0.3) is 0 Å². The van der Waals surface area contributed by atoms with E-state index in [4.69, 9.17) is 5.11 Å². The van der Waals surface area contributed by atoms with Gasteiger partial charge in [-0.3, -0.25) is 0 Å². The van der Waals surface area contributed by atoms with E-state index in [1.807, 2.05) is 0 Å². The predicted molar refractivity (Wildman–Crippen MR) is 38.1 cm³/mol. The standard InChI is InChI=1S/C8H3F7O/c9-4-2-1-3(7(10,11)12)6(16)5(4)8(13,14)15/h1-2,16H. The Bertz CT molecular complexity index is 404. The molecule has 0 fully saturated rings. The molecule has 0 heterocycles. The summed E-state index contributed by atoms with van der Waals surface area (Å²) in [5.74, 6) is -4.11. The van der Waals surface area contributed by atoms with E-state index >= 15 is 0 Å². The average Bonchev–Trinajstić information content (AvgIpc) is 1.97. The molecule has 1 rings (SSSR count). The summed E-state index contributed by atoms with van der Waals surface area (Å²) in [4.78, 5) is 0. The second kappa shape index (κ2) is 3.53. The van der Waals surface area contributed by atoms with Crippen molar-refractivity contribution in [2.24, 2.45) is 0 Å². The number of phenols is 1. The lowest BCUT2D eigenvalue weighted by molar-refractivity contribution is -0.146. The van der Waals surface area contributed by atoms with E-state index in [1.54, 1.807) is 0 Å². The number of aromatic hydroxyl groups is 1. The molecule has 0 saturated carbocycles. The Morgan fingerprint density at radius 2 is 1.38 bits per heavy atom. The second-order valence-electron chi connectivity index (χ2n) is 2.81. The minimum atomic E-state index is -5.39. The highest BCUT2D eigenvalue weighted by atomic mass is 19.4. The van der Waals surface area contributed by atoms with Crippen LogP contribution in [0.4, 0.5) is 30.7 Å². The summed E-state index contributed by atoms with van der Waals surface area (Å²) in [5.41, 5.74) is -4.25. The summed E-state index contributed by atoms with van der Waals surface area (Å²) in [6.45, 7) is 0. The molecule has 0 saturated heterocycles. The Kier molecular flexibility index (Phi) is 2.78. The maximum atomic E-state index is 12.7. The van der Waals surface area contributed by atoms with Crippen molar-refractivity contribution in [1.29, 1.82) is 0 Å². The van der Waals surface area contributed by atoms with E-state index in [2.05, 4.69) is 0 Å². The quantitative estimate of drug-likeness (QED) is 0.696. The van der Waals surface area contributed by atoms with Gasteiger partial charge in [0.05, 0.1) is 5.56 Å². The lowest BCUT2D eigenvalue weighted by Crippen LogP contribution is -2.13. The first-order valence-electron chi connectivity index (χ1n) is 3.71. The highest BCUT2D eigenvalue weighted by Crippen LogP contribution is 2.44. The number of alkyl halides is 6. The summed E-state index contributed by atoms with van der Waals surface area (Å²) in [6, 6.07) is 0.0469. The van der Waals surface area contributed by atoms with Crippen molar-refractivity contribution in [2.75, 3.05) is 0 Å². The van der Waals surface area contributed by atoms with Crippen LogP contribution in [0.5, 0.6) is 5.75 Å². The fraction of sp³-hybridized carbons (Fsp3) is 0.250. The van der Waals surface area contributed by atoms with Gasteiger partial charge in [0, 0.05) is 0 Å². The van der Waals surface area contributed by atoms with Crippen LogP contribution < -0.4 is 0 Å². The van der Waals surface area contributed by atoms with Gasteiger partial charge in [0.15, 0.2) is 0 Å². The molecule has 0 aromatic heterocycles. The third kappa shape index (κ3) is 2.20. The second-order valence-corrected chi connectivity index (χ2v) is 2.81. The molecule has 0 unspecified atom stereocenters. The highest BCUT2D eigenvalue weighted by Gasteiger charge is 2.43. The van der Waals surface area contributed by atoms with Crippen molar-refractivity contribution in [3.8, 4) is 5.75 Å². The third-order valence-corrected chi connectivity index (χ3v) is 1.72. The zero-order valence-electron chi connectivity index (χ0n) is 7.25. The van der Waals surface area contributed by atoms with E-state index in [0.29, 0.717) is 0 Å². The molecular formula is C8H3F7O.